The molecule has 0 saturated carbocycles. The summed E-state index contributed by atoms with van der Waals surface area (Å²) in [6.07, 6.45) is 5.73. The molecular formula is C19H28IN5OS. The Balaban J connectivity index is 0.00000261. The lowest BCUT2D eigenvalue weighted by molar-refractivity contribution is 0.198. The lowest BCUT2D eigenvalue weighted by Gasteiger charge is -2.32. The van der Waals surface area contributed by atoms with Gasteiger partial charge < -0.3 is 15.4 Å². The molecule has 1 fully saturated rings. The summed E-state index contributed by atoms with van der Waals surface area (Å²) < 4.78 is 5.64. The van der Waals surface area contributed by atoms with Crippen LogP contribution < -0.4 is 15.4 Å². The van der Waals surface area contributed by atoms with E-state index in [1.54, 1.807) is 23.7 Å². The number of likely N-dealkylation sites (tertiary alicyclic amines) is 1. The topological polar surface area (TPSA) is 61.8 Å². The van der Waals surface area contributed by atoms with E-state index in [0.717, 1.165) is 44.2 Å². The number of aliphatic imine (C=N–C) groups is 1. The molecule has 148 valence electrons. The van der Waals surface area contributed by atoms with Gasteiger partial charge in [0.2, 0.25) is 0 Å². The van der Waals surface area contributed by atoms with Crippen molar-refractivity contribution in [1.29, 1.82) is 0 Å². The van der Waals surface area contributed by atoms with Crippen LogP contribution in [-0.2, 0) is 6.54 Å². The number of hydrogen-bond donors (Lipinski definition) is 2. The number of rotatable bonds is 7. The minimum Gasteiger partial charge on any atom is -0.490 e. The van der Waals surface area contributed by atoms with E-state index in [1.807, 2.05) is 19.2 Å². The largest absolute Gasteiger partial charge is 0.490 e. The number of nitrogens with one attached hydrogen (secondary N) is 2. The van der Waals surface area contributed by atoms with Gasteiger partial charge in [-0.1, -0.05) is 0 Å². The molecule has 3 heterocycles. The zero-order chi connectivity index (χ0) is 18.0. The molecule has 2 N–H and O–H groups in total. The average molecular weight is 501 g/mol. The number of piperidine rings is 1. The molecule has 3 rings (SSSR count). The van der Waals surface area contributed by atoms with Crippen LogP contribution in [0.15, 0.2) is 46.3 Å². The Morgan fingerprint density at radius 1 is 1.37 bits per heavy atom. The summed E-state index contributed by atoms with van der Waals surface area (Å²) in [5.41, 5.74) is 1.42. The fourth-order valence-corrected chi connectivity index (χ4v) is 3.69. The lowest BCUT2D eigenvalue weighted by Crippen LogP contribution is -2.49. The van der Waals surface area contributed by atoms with Gasteiger partial charge in [-0.2, -0.15) is 11.3 Å². The van der Waals surface area contributed by atoms with Crippen molar-refractivity contribution in [3.8, 4) is 5.75 Å². The van der Waals surface area contributed by atoms with Gasteiger partial charge in [0.15, 0.2) is 5.96 Å². The highest BCUT2D eigenvalue weighted by Gasteiger charge is 2.20. The third kappa shape index (κ3) is 7.63. The van der Waals surface area contributed by atoms with Crippen molar-refractivity contribution in [3.63, 3.8) is 0 Å². The van der Waals surface area contributed by atoms with Gasteiger partial charge in [-0.25, -0.2) is 0 Å². The summed E-state index contributed by atoms with van der Waals surface area (Å²) in [7, 11) is 1.81. The fraction of sp³-hybridized carbons (Fsp3) is 0.474. The predicted octanol–water partition coefficient (Wildman–Crippen LogP) is 2.97. The molecule has 1 aliphatic rings. The Morgan fingerprint density at radius 3 is 2.89 bits per heavy atom. The van der Waals surface area contributed by atoms with E-state index in [2.05, 4.69) is 42.3 Å². The number of thiophene rings is 1. The maximum atomic E-state index is 5.64. The van der Waals surface area contributed by atoms with Crippen molar-refractivity contribution in [2.24, 2.45) is 4.99 Å². The summed E-state index contributed by atoms with van der Waals surface area (Å²) in [6.45, 7) is 4.58. The molecule has 0 bridgehead atoms. The molecule has 0 unspecified atom stereocenters. The molecular weight excluding hydrogens is 473 g/mol. The van der Waals surface area contributed by atoms with Gasteiger partial charge in [0.1, 0.15) is 12.4 Å². The van der Waals surface area contributed by atoms with E-state index in [9.17, 15) is 0 Å². The monoisotopic (exact) mass is 501 g/mol. The molecule has 27 heavy (non-hydrogen) atoms. The first kappa shape index (κ1) is 21.9. The summed E-state index contributed by atoms with van der Waals surface area (Å²) in [5.74, 6) is 1.63. The Bertz CT molecular complexity index is 660. The molecule has 2 aromatic rings. The van der Waals surface area contributed by atoms with Crippen LogP contribution in [0.1, 0.15) is 18.4 Å². The zero-order valence-corrected chi connectivity index (χ0v) is 18.8. The zero-order valence-electron chi connectivity index (χ0n) is 15.6. The third-order valence-electron chi connectivity index (χ3n) is 4.44. The Morgan fingerprint density at radius 2 is 2.22 bits per heavy atom. The highest BCUT2D eigenvalue weighted by Crippen LogP contribution is 2.15. The fourth-order valence-electron chi connectivity index (χ4n) is 3.04. The van der Waals surface area contributed by atoms with E-state index in [1.165, 1.54) is 5.56 Å². The van der Waals surface area contributed by atoms with Gasteiger partial charge in [-0.3, -0.25) is 14.9 Å². The highest BCUT2D eigenvalue weighted by molar-refractivity contribution is 14.0. The molecule has 0 amide bonds. The summed E-state index contributed by atoms with van der Waals surface area (Å²) >= 11 is 1.77. The van der Waals surface area contributed by atoms with Crippen molar-refractivity contribution in [3.05, 3.63) is 46.9 Å². The second-order valence-corrected chi connectivity index (χ2v) is 7.14. The number of guanidine groups is 1. The Hall–Kier alpha value is -1.39. The lowest BCUT2D eigenvalue weighted by atomic mass is 10.0. The first-order chi connectivity index (χ1) is 12.8. The number of ether oxygens (including phenoxy) is 1. The predicted molar refractivity (Wildman–Crippen MR) is 122 cm³/mol. The van der Waals surface area contributed by atoms with Gasteiger partial charge in [0.25, 0.3) is 0 Å². The number of halogens is 1. The SMILES string of the molecule is CN=C(NCCOc1cccnc1)NC1CCN(Cc2ccsc2)CC1.I. The normalized spacial score (nSPS) is 15.8. The van der Waals surface area contributed by atoms with Gasteiger partial charge in [0.05, 0.1) is 12.7 Å². The van der Waals surface area contributed by atoms with Crippen molar-refractivity contribution in [2.75, 3.05) is 33.3 Å². The standard InChI is InChI=1S/C19H27N5OS.HI/c1-20-19(22-8-11-25-18-3-2-7-21-13-18)23-17-4-9-24(10-5-17)14-16-6-12-26-15-16;/h2-3,6-7,12-13,15,17H,4-5,8-11,14H2,1H3,(H2,20,22,23);1H. The van der Waals surface area contributed by atoms with Crippen LogP contribution >= 0.6 is 35.3 Å². The molecule has 0 aliphatic carbocycles. The van der Waals surface area contributed by atoms with Gasteiger partial charge in [-0.05, 0) is 47.4 Å². The quantitative estimate of drug-likeness (QED) is 0.265. The number of pyridine rings is 1. The minimum atomic E-state index is 0. The molecule has 1 saturated heterocycles. The molecule has 0 spiro atoms. The second kappa shape index (κ2) is 12.1. The number of nitrogens with zero attached hydrogens (tertiary/aromatic N) is 3. The van der Waals surface area contributed by atoms with Crippen LogP contribution in [0.2, 0.25) is 0 Å². The maximum Gasteiger partial charge on any atom is 0.191 e. The highest BCUT2D eigenvalue weighted by atomic mass is 127. The summed E-state index contributed by atoms with van der Waals surface area (Å²) in [5, 5.41) is 11.2. The van der Waals surface area contributed by atoms with E-state index in [0.29, 0.717) is 19.2 Å². The average Bonchev–Trinajstić information content (AvgIpc) is 3.19. The summed E-state index contributed by atoms with van der Waals surface area (Å²) in [6, 6.07) is 6.46. The van der Waals surface area contributed by atoms with Crippen molar-refractivity contribution in [1.82, 2.24) is 20.5 Å². The van der Waals surface area contributed by atoms with Crippen molar-refractivity contribution >= 4 is 41.3 Å². The van der Waals surface area contributed by atoms with Gasteiger partial charge in [-0.15, -0.1) is 24.0 Å². The van der Waals surface area contributed by atoms with E-state index in [4.69, 9.17) is 4.74 Å². The van der Waals surface area contributed by atoms with Crippen LogP contribution in [0.4, 0.5) is 0 Å². The first-order valence-electron chi connectivity index (χ1n) is 9.07. The van der Waals surface area contributed by atoms with Crippen molar-refractivity contribution in [2.45, 2.75) is 25.4 Å². The van der Waals surface area contributed by atoms with E-state index in [-0.39, 0.29) is 24.0 Å². The molecule has 2 aromatic heterocycles. The molecule has 8 heteroatoms. The minimum absolute atomic E-state index is 0. The van der Waals surface area contributed by atoms with Crippen molar-refractivity contribution < 1.29 is 4.74 Å². The van der Waals surface area contributed by atoms with Crippen LogP contribution in [0.3, 0.4) is 0 Å². The second-order valence-electron chi connectivity index (χ2n) is 6.36. The van der Waals surface area contributed by atoms with Gasteiger partial charge in [0, 0.05) is 38.9 Å². The van der Waals surface area contributed by atoms with E-state index < -0.39 is 0 Å². The Labute approximate surface area is 182 Å². The molecule has 0 radical (unpaired) electrons. The molecule has 1 aliphatic heterocycles. The van der Waals surface area contributed by atoms with E-state index >= 15 is 0 Å². The van der Waals surface area contributed by atoms with Crippen LogP contribution in [0, 0.1) is 0 Å². The molecule has 0 atom stereocenters. The van der Waals surface area contributed by atoms with Crippen LogP contribution in [0.5, 0.6) is 5.75 Å². The summed E-state index contributed by atoms with van der Waals surface area (Å²) in [4.78, 5) is 10.9. The number of hydrogen-bond acceptors (Lipinski definition) is 5. The van der Waals surface area contributed by atoms with Crippen LogP contribution in [-0.4, -0.2) is 55.2 Å². The number of aromatic nitrogens is 1. The first-order valence-corrected chi connectivity index (χ1v) is 10.0. The molecule has 0 aromatic carbocycles. The maximum absolute atomic E-state index is 5.64. The van der Waals surface area contributed by atoms with Crippen LogP contribution in [0.25, 0.3) is 0 Å². The smallest absolute Gasteiger partial charge is 0.191 e. The van der Waals surface area contributed by atoms with Gasteiger partial charge >= 0.3 is 0 Å². The third-order valence-corrected chi connectivity index (χ3v) is 5.17. The molecule has 6 nitrogen and oxygen atoms in total. The Kier molecular flexibility index (Phi) is 9.85.